The molecule has 11 heavy (non-hydrogen) atoms. The summed E-state index contributed by atoms with van der Waals surface area (Å²) in [7, 11) is 0. The van der Waals surface area contributed by atoms with E-state index < -0.39 is 0 Å². The summed E-state index contributed by atoms with van der Waals surface area (Å²) in [5, 5.41) is 0. The SMILES string of the molecule is CC1=CC(=O)C[C@@H]2CCC=C12. The fraction of sp³-hybridized carbons (Fsp3) is 0.500. The number of rotatable bonds is 0. The van der Waals surface area contributed by atoms with Crippen molar-refractivity contribution < 1.29 is 4.79 Å². The lowest BCUT2D eigenvalue weighted by atomic mass is 9.86. The van der Waals surface area contributed by atoms with Crippen molar-refractivity contribution in [3.8, 4) is 0 Å². The lowest BCUT2D eigenvalue weighted by molar-refractivity contribution is -0.115. The highest BCUT2D eigenvalue weighted by Gasteiger charge is 2.26. The minimum atomic E-state index is 0.312. The molecule has 0 amide bonds. The zero-order valence-electron chi connectivity index (χ0n) is 6.76. The van der Waals surface area contributed by atoms with Crippen molar-refractivity contribution in [3.05, 3.63) is 23.3 Å². The number of allylic oxidation sites excluding steroid dienone is 4. The number of ketones is 1. The summed E-state index contributed by atoms with van der Waals surface area (Å²) in [6, 6.07) is 0. The summed E-state index contributed by atoms with van der Waals surface area (Å²) >= 11 is 0. The van der Waals surface area contributed by atoms with Crippen LogP contribution < -0.4 is 0 Å². The molecule has 0 saturated carbocycles. The quantitative estimate of drug-likeness (QED) is 0.515. The number of fused-ring (bicyclic) bond motifs is 1. The zero-order valence-corrected chi connectivity index (χ0v) is 6.76. The van der Waals surface area contributed by atoms with Gasteiger partial charge >= 0.3 is 0 Å². The van der Waals surface area contributed by atoms with E-state index in [0.29, 0.717) is 11.7 Å². The third-order valence-electron chi connectivity index (χ3n) is 2.60. The van der Waals surface area contributed by atoms with Crippen molar-refractivity contribution in [3.63, 3.8) is 0 Å². The summed E-state index contributed by atoms with van der Waals surface area (Å²) in [5.41, 5.74) is 2.63. The predicted octanol–water partition coefficient (Wildman–Crippen LogP) is 2.24. The molecule has 0 radical (unpaired) electrons. The van der Waals surface area contributed by atoms with E-state index in [-0.39, 0.29) is 0 Å². The van der Waals surface area contributed by atoms with Gasteiger partial charge < -0.3 is 0 Å². The third-order valence-corrected chi connectivity index (χ3v) is 2.60. The molecule has 1 heteroatoms. The van der Waals surface area contributed by atoms with Gasteiger partial charge in [-0.15, -0.1) is 0 Å². The first kappa shape index (κ1) is 6.84. The minimum absolute atomic E-state index is 0.312. The van der Waals surface area contributed by atoms with E-state index in [1.54, 1.807) is 6.08 Å². The standard InChI is InChI=1S/C10H12O/c1-7-5-9(11)6-8-3-2-4-10(7)8/h4-5,8H,2-3,6H2,1H3/t8-/m0/s1. The molecule has 0 fully saturated rings. The summed E-state index contributed by atoms with van der Waals surface area (Å²) in [5.74, 6) is 0.874. The van der Waals surface area contributed by atoms with E-state index in [0.717, 1.165) is 6.42 Å². The van der Waals surface area contributed by atoms with E-state index in [1.807, 2.05) is 6.92 Å². The Morgan fingerprint density at radius 1 is 1.55 bits per heavy atom. The smallest absolute Gasteiger partial charge is 0.156 e. The van der Waals surface area contributed by atoms with Gasteiger partial charge in [-0.05, 0) is 42.9 Å². The molecular formula is C10H12O. The second kappa shape index (κ2) is 2.33. The van der Waals surface area contributed by atoms with Gasteiger partial charge in [0.1, 0.15) is 0 Å². The van der Waals surface area contributed by atoms with Gasteiger partial charge in [-0.2, -0.15) is 0 Å². The molecule has 58 valence electrons. The van der Waals surface area contributed by atoms with Crippen LogP contribution in [0, 0.1) is 5.92 Å². The summed E-state index contributed by atoms with van der Waals surface area (Å²) < 4.78 is 0. The predicted molar refractivity (Wildman–Crippen MR) is 44.2 cm³/mol. The van der Waals surface area contributed by atoms with Crippen LogP contribution in [0.3, 0.4) is 0 Å². The highest BCUT2D eigenvalue weighted by Crippen LogP contribution is 2.36. The van der Waals surface area contributed by atoms with Crippen molar-refractivity contribution in [2.45, 2.75) is 26.2 Å². The number of hydrogen-bond acceptors (Lipinski definition) is 1. The van der Waals surface area contributed by atoms with Crippen LogP contribution in [0.1, 0.15) is 26.2 Å². The van der Waals surface area contributed by atoms with Crippen LogP contribution >= 0.6 is 0 Å². The van der Waals surface area contributed by atoms with E-state index in [4.69, 9.17) is 0 Å². The maximum absolute atomic E-state index is 11.1. The maximum atomic E-state index is 11.1. The van der Waals surface area contributed by atoms with Crippen LogP contribution in [0.15, 0.2) is 23.3 Å². The van der Waals surface area contributed by atoms with Gasteiger partial charge in [-0.1, -0.05) is 6.08 Å². The highest BCUT2D eigenvalue weighted by atomic mass is 16.1. The number of carbonyl (C=O) groups is 1. The van der Waals surface area contributed by atoms with Crippen molar-refractivity contribution >= 4 is 5.78 Å². The van der Waals surface area contributed by atoms with Crippen LogP contribution in [0.4, 0.5) is 0 Å². The lowest BCUT2D eigenvalue weighted by Gasteiger charge is -2.18. The molecule has 0 heterocycles. The molecule has 0 aliphatic heterocycles. The van der Waals surface area contributed by atoms with E-state index >= 15 is 0 Å². The first-order valence-corrected chi connectivity index (χ1v) is 4.19. The summed E-state index contributed by atoms with van der Waals surface area (Å²) in [4.78, 5) is 11.1. The average Bonchev–Trinajstić information content (AvgIpc) is 2.34. The Hall–Kier alpha value is -0.850. The Bertz CT molecular complexity index is 258. The first-order valence-electron chi connectivity index (χ1n) is 4.19. The Morgan fingerprint density at radius 3 is 3.18 bits per heavy atom. The van der Waals surface area contributed by atoms with Crippen LogP contribution in [-0.4, -0.2) is 5.78 Å². The Kier molecular flexibility index (Phi) is 1.45. The van der Waals surface area contributed by atoms with Gasteiger partial charge in [-0.25, -0.2) is 0 Å². The van der Waals surface area contributed by atoms with Crippen LogP contribution in [0.5, 0.6) is 0 Å². The molecule has 0 N–H and O–H groups in total. The van der Waals surface area contributed by atoms with E-state index in [1.165, 1.54) is 24.0 Å². The monoisotopic (exact) mass is 148 g/mol. The molecule has 0 saturated heterocycles. The molecule has 0 unspecified atom stereocenters. The van der Waals surface area contributed by atoms with E-state index in [2.05, 4.69) is 6.08 Å². The molecule has 2 aliphatic rings. The normalized spacial score (nSPS) is 29.5. The zero-order chi connectivity index (χ0) is 7.84. The van der Waals surface area contributed by atoms with Gasteiger partial charge in [0.05, 0.1) is 0 Å². The lowest BCUT2D eigenvalue weighted by Crippen LogP contribution is -2.12. The van der Waals surface area contributed by atoms with Gasteiger partial charge in [0.2, 0.25) is 0 Å². The van der Waals surface area contributed by atoms with Gasteiger partial charge in [0.25, 0.3) is 0 Å². The largest absolute Gasteiger partial charge is 0.295 e. The Labute approximate surface area is 66.8 Å². The fourth-order valence-corrected chi connectivity index (χ4v) is 2.08. The summed E-state index contributed by atoms with van der Waals surface area (Å²) in [6.45, 7) is 2.04. The first-order chi connectivity index (χ1) is 5.27. The van der Waals surface area contributed by atoms with Crippen molar-refractivity contribution in [2.75, 3.05) is 0 Å². The van der Waals surface area contributed by atoms with Crippen molar-refractivity contribution in [1.82, 2.24) is 0 Å². The molecule has 0 spiro atoms. The fourth-order valence-electron chi connectivity index (χ4n) is 2.08. The van der Waals surface area contributed by atoms with Gasteiger partial charge in [-0.3, -0.25) is 4.79 Å². The maximum Gasteiger partial charge on any atom is 0.156 e. The van der Waals surface area contributed by atoms with Gasteiger partial charge in [0.15, 0.2) is 5.78 Å². The molecule has 1 nitrogen and oxygen atoms in total. The minimum Gasteiger partial charge on any atom is -0.295 e. The highest BCUT2D eigenvalue weighted by molar-refractivity contribution is 5.93. The van der Waals surface area contributed by atoms with Crippen molar-refractivity contribution in [1.29, 1.82) is 0 Å². The second-order valence-electron chi connectivity index (χ2n) is 3.43. The number of carbonyl (C=O) groups excluding carboxylic acids is 1. The van der Waals surface area contributed by atoms with Crippen molar-refractivity contribution in [2.24, 2.45) is 5.92 Å². The molecule has 0 aromatic rings. The topological polar surface area (TPSA) is 17.1 Å². The van der Waals surface area contributed by atoms with Crippen LogP contribution in [0.25, 0.3) is 0 Å². The number of hydrogen-bond donors (Lipinski definition) is 0. The molecule has 1 atom stereocenters. The van der Waals surface area contributed by atoms with E-state index in [9.17, 15) is 4.79 Å². The second-order valence-corrected chi connectivity index (χ2v) is 3.43. The third kappa shape index (κ3) is 1.05. The molecule has 0 aromatic heterocycles. The Balaban J connectivity index is 2.36. The van der Waals surface area contributed by atoms with Crippen LogP contribution in [-0.2, 0) is 4.79 Å². The Morgan fingerprint density at radius 2 is 2.36 bits per heavy atom. The molecule has 2 aliphatic carbocycles. The van der Waals surface area contributed by atoms with Crippen LogP contribution in [0.2, 0.25) is 0 Å². The summed E-state index contributed by atoms with van der Waals surface area (Å²) in [6.07, 6.45) is 7.17. The van der Waals surface area contributed by atoms with Gasteiger partial charge in [0, 0.05) is 6.42 Å². The molecule has 0 aromatic carbocycles. The molecule has 0 bridgehead atoms. The molecular weight excluding hydrogens is 136 g/mol. The average molecular weight is 148 g/mol. The molecule has 2 rings (SSSR count).